The van der Waals surface area contributed by atoms with E-state index in [9.17, 15) is 0 Å². The summed E-state index contributed by atoms with van der Waals surface area (Å²) in [6.45, 7) is 3.50. The van der Waals surface area contributed by atoms with Crippen LogP contribution in [0.15, 0.2) is 48.0 Å². The van der Waals surface area contributed by atoms with Crippen LogP contribution in [0.2, 0.25) is 0 Å². The molecule has 0 amide bonds. The molecule has 0 saturated carbocycles. The molecule has 1 nitrogen and oxygen atoms in total. The Hall–Kier alpha value is -1.31. The topological polar surface area (TPSA) is 12.4 Å². The van der Waals surface area contributed by atoms with Gasteiger partial charge in [-0.15, -0.1) is 0 Å². The number of rotatable bonds is 2. The molecule has 0 aliphatic heterocycles. The second-order valence-electron chi connectivity index (χ2n) is 2.08. The molecule has 1 aromatic carbocycles. The van der Waals surface area contributed by atoms with Gasteiger partial charge in [0.2, 0.25) is 0 Å². The number of para-hydroxylation sites is 1. The van der Waals surface area contributed by atoms with Crippen molar-refractivity contribution in [1.82, 2.24) is 0 Å². The Morgan fingerprint density at radius 3 is 2.55 bits per heavy atom. The third kappa shape index (κ3) is 2.42. The molecule has 2 radical (unpaired) electrons. The van der Waals surface area contributed by atoms with E-state index >= 15 is 0 Å². The Kier molecular flexibility index (Phi) is 2.67. The first-order chi connectivity index (χ1) is 5.33. The lowest BCUT2D eigenvalue weighted by molar-refractivity contribution is 1.54. The highest BCUT2D eigenvalue weighted by Crippen LogP contribution is 2.09. The molecule has 0 heterocycles. The smallest absolute Gasteiger partial charge is 0.141 e. The van der Waals surface area contributed by atoms with Crippen LogP contribution >= 0.6 is 0 Å². The lowest BCUT2D eigenvalue weighted by Crippen LogP contribution is -1.87. The van der Waals surface area contributed by atoms with Crippen molar-refractivity contribution < 1.29 is 0 Å². The van der Waals surface area contributed by atoms with Crippen molar-refractivity contribution in [2.45, 2.75) is 0 Å². The predicted octanol–water partition coefficient (Wildman–Crippen LogP) is 2.07. The average Bonchev–Trinajstić information content (AvgIpc) is 2.06. The van der Waals surface area contributed by atoms with Crippen LogP contribution in [0.3, 0.4) is 0 Å². The van der Waals surface area contributed by atoms with E-state index in [1.807, 2.05) is 30.3 Å². The number of nitrogens with zero attached hydrogens (tertiary/aromatic N) is 1. The lowest BCUT2D eigenvalue weighted by Gasteiger charge is -1.92. The summed E-state index contributed by atoms with van der Waals surface area (Å²) in [6.07, 6.45) is 1.52. The van der Waals surface area contributed by atoms with Crippen LogP contribution in [0.1, 0.15) is 0 Å². The Bertz CT molecular complexity index is 264. The summed E-state index contributed by atoms with van der Waals surface area (Å²) in [5.41, 5.74) is 1.29. The molecule has 0 aromatic heterocycles. The molecule has 0 atom stereocenters. The van der Waals surface area contributed by atoms with Crippen molar-refractivity contribution in [3.05, 3.63) is 43.0 Å². The van der Waals surface area contributed by atoms with Gasteiger partial charge in [-0.3, -0.25) is 4.99 Å². The largest absolute Gasteiger partial charge is 0.265 e. The van der Waals surface area contributed by atoms with E-state index in [1.54, 1.807) is 0 Å². The van der Waals surface area contributed by atoms with E-state index in [0.29, 0.717) is 5.61 Å². The fourth-order valence-electron chi connectivity index (χ4n) is 0.697. The molecule has 11 heavy (non-hydrogen) atoms. The molecule has 1 aromatic rings. The molecule has 0 aliphatic rings. The number of hydrogen-bond donors (Lipinski definition) is 0. The van der Waals surface area contributed by atoms with Gasteiger partial charge in [-0.1, -0.05) is 30.9 Å². The lowest BCUT2D eigenvalue weighted by atomic mass is 10.0. The first kappa shape index (κ1) is 7.80. The summed E-state index contributed by atoms with van der Waals surface area (Å²) in [5.74, 6) is 0. The van der Waals surface area contributed by atoms with E-state index in [-0.39, 0.29) is 0 Å². The summed E-state index contributed by atoms with van der Waals surface area (Å²) >= 11 is 0. The van der Waals surface area contributed by atoms with Gasteiger partial charge in [0, 0.05) is 0 Å². The molecule has 2 heteroatoms. The number of benzene rings is 1. The average molecular weight is 141 g/mol. The third-order valence-electron chi connectivity index (χ3n) is 1.22. The van der Waals surface area contributed by atoms with Crippen molar-refractivity contribution in [2.75, 3.05) is 0 Å². The van der Waals surface area contributed by atoms with Gasteiger partial charge in [0.1, 0.15) is 7.85 Å². The van der Waals surface area contributed by atoms with E-state index in [4.69, 9.17) is 7.85 Å². The zero-order valence-corrected chi connectivity index (χ0v) is 6.20. The zero-order chi connectivity index (χ0) is 8.10. The van der Waals surface area contributed by atoms with Gasteiger partial charge in [-0.25, -0.2) is 0 Å². The van der Waals surface area contributed by atoms with Gasteiger partial charge >= 0.3 is 0 Å². The monoisotopic (exact) mass is 141 g/mol. The Morgan fingerprint density at radius 2 is 2.00 bits per heavy atom. The van der Waals surface area contributed by atoms with Crippen LogP contribution < -0.4 is 0 Å². The molecule has 0 fully saturated rings. The highest BCUT2D eigenvalue weighted by molar-refractivity contribution is 6.63. The second-order valence-corrected chi connectivity index (χ2v) is 2.08. The minimum Gasteiger partial charge on any atom is -0.265 e. The summed E-state index contributed by atoms with van der Waals surface area (Å²) in [4.78, 5) is 4.05. The van der Waals surface area contributed by atoms with Gasteiger partial charge < -0.3 is 0 Å². The number of allylic oxidation sites excluding steroid dienone is 1. The van der Waals surface area contributed by atoms with Crippen molar-refractivity contribution in [1.29, 1.82) is 0 Å². The first-order valence-corrected chi connectivity index (χ1v) is 3.34. The van der Waals surface area contributed by atoms with Crippen LogP contribution in [0.25, 0.3) is 0 Å². The molecule has 1 rings (SSSR count). The van der Waals surface area contributed by atoms with Crippen LogP contribution in [0.4, 0.5) is 5.69 Å². The van der Waals surface area contributed by atoms with Crippen molar-refractivity contribution in [3.8, 4) is 0 Å². The van der Waals surface area contributed by atoms with Gasteiger partial charge in [-0.05, 0) is 17.7 Å². The maximum Gasteiger partial charge on any atom is 0.141 e. The van der Waals surface area contributed by atoms with E-state index in [1.165, 1.54) is 6.08 Å². The summed E-state index contributed by atoms with van der Waals surface area (Å²) < 4.78 is 0. The highest BCUT2D eigenvalue weighted by Gasteiger charge is 1.84. The van der Waals surface area contributed by atoms with Gasteiger partial charge in [-0.2, -0.15) is 0 Å². The Morgan fingerprint density at radius 1 is 1.36 bits per heavy atom. The van der Waals surface area contributed by atoms with Crippen LogP contribution in [-0.4, -0.2) is 13.5 Å². The maximum absolute atomic E-state index is 5.44. The molecular formula is C9H8BN. The molecule has 0 N–H and O–H groups in total. The molecular weight excluding hydrogens is 133 g/mol. The molecule has 0 bridgehead atoms. The minimum absolute atomic E-state index is 0.441. The zero-order valence-electron chi connectivity index (χ0n) is 6.20. The number of aliphatic imine (C=N–C) groups is 1. The molecule has 0 saturated heterocycles. The number of hydrogen-bond acceptors (Lipinski definition) is 1. The summed E-state index contributed by atoms with van der Waals surface area (Å²) in [6, 6.07) is 9.53. The maximum atomic E-state index is 5.44. The normalized spacial score (nSPS) is 11.1. The van der Waals surface area contributed by atoms with Crippen LogP contribution in [0, 0.1) is 0 Å². The highest BCUT2D eigenvalue weighted by atomic mass is 14.7. The fraction of sp³-hybridized carbons (Fsp3) is 0. The SMILES string of the molecule is [B]C(C=C)=Nc1ccccc1. The Balaban J connectivity index is 2.87. The van der Waals surface area contributed by atoms with E-state index in [2.05, 4.69) is 11.6 Å². The van der Waals surface area contributed by atoms with Gasteiger partial charge in [0.15, 0.2) is 0 Å². The predicted molar refractivity (Wildman–Crippen MR) is 49.5 cm³/mol. The van der Waals surface area contributed by atoms with E-state index in [0.717, 1.165) is 5.69 Å². The Labute approximate surface area is 67.9 Å². The molecule has 52 valence electrons. The summed E-state index contributed by atoms with van der Waals surface area (Å²) in [5, 5.41) is 0. The van der Waals surface area contributed by atoms with E-state index < -0.39 is 0 Å². The van der Waals surface area contributed by atoms with Crippen molar-refractivity contribution in [2.24, 2.45) is 4.99 Å². The molecule has 0 spiro atoms. The first-order valence-electron chi connectivity index (χ1n) is 3.34. The third-order valence-corrected chi connectivity index (χ3v) is 1.22. The fourth-order valence-corrected chi connectivity index (χ4v) is 0.697. The van der Waals surface area contributed by atoms with Crippen LogP contribution in [-0.2, 0) is 0 Å². The quantitative estimate of drug-likeness (QED) is 0.441. The molecule has 0 unspecified atom stereocenters. The second kappa shape index (κ2) is 3.76. The summed E-state index contributed by atoms with van der Waals surface area (Å²) in [7, 11) is 5.44. The standard InChI is InChI=1S/C9H8BN/c1-2-9(10)11-8-6-4-3-5-7-8/h2-7H,1H2. The van der Waals surface area contributed by atoms with Crippen molar-refractivity contribution >= 4 is 19.1 Å². The minimum atomic E-state index is 0.441. The van der Waals surface area contributed by atoms with Gasteiger partial charge in [0.05, 0.1) is 5.69 Å². The van der Waals surface area contributed by atoms with Crippen LogP contribution in [0.5, 0.6) is 0 Å². The van der Waals surface area contributed by atoms with Gasteiger partial charge in [0.25, 0.3) is 0 Å². The van der Waals surface area contributed by atoms with Crippen molar-refractivity contribution in [3.63, 3.8) is 0 Å². The molecule has 0 aliphatic carbocycles.